The second-order valence-electron chi connectivity index (χ2n) is 7.93. The van der Waals surface area contributed by atoms with E-state index in [0.717, 1.165) is 30.5 Å². The number of benzene rings is 2. The maximum absolute atomic E-state index is 12.7. The zero-order chi connectivity index (χ0) is 20.9. The molecule has 0 aromatic heterocycles. The third-order valence-electron chi connectivity index (χ3n) is 5.38. The number of nitrogens with one attached hydrogen (secondary N) is 1. The summed E-state index contributed by atoms with van der Waals surface area (Å²) in [4.78, 5) is 12.6. The van der Waals surface area contributed by atoms with Gasteiger partial charge in [-0.2, -0.15) is 4.31 Å². The van der Waals surface area contributed by atoms with Crippen molar-refractivity contribution in [2.75, 3.05) is 18.4 Å². The zero-order valence-corrected chi connectivity index (χ0v) is 18.0. The number of carbonyl (C=O) groups is 1. The van der Waals surface area contributed by atoms with Gasteiger partial charge in [-0.25, -0.2) is 8.42 Å². The van der Waals surface area contributed by atoms with Crippen LogP contribution in [0.5, 0.6) is 0 Å². The molecule has 1 aliphatic rings. The van der Waals surface area contributed by atoms with E-state index in [1.54, 1.807) is 16.4 Å². The quantitative estimate of drug-likeness (QED) is 0.722. The van der Waals surface area contributed by atoms with Crippen molar-refractivity contribution in [3.8, 4) is 0 Å². The number of rotatable bonds is 7. The summed E-state index contributed by atoms with van der Waals surface area (Å²) in [5.74, 6) is 0.411. The standard InChI is InChI=1S/C23H30N2O3S/c1-18(2)20-9-11-21(12-10-20)24-23(26)15-8-19-6-13-22(14-7-19)29(27,28)25-16-4-3-5-17-25/h6-7,9-14,18H,3-5,8,15-17H2,1-2H3,(H,24,26). The Bertz CT molecular complexity index is 914. The molecule has 0 spiro atoms. The number of nitrogens with zero attached hydrogens (tertiary/aromatic N) is 1. The van der Waals surface area contributed by atoms with Gasteiger partial charge in [0, 0.05) is 25.2 Å². The van der Waals surface area contributed by atoms with E-state index in [0.29, 0.717) is 36.7 Å². The molecular formula is C23H30N2O3S. The normalized spacial score (nSPS) is 15.4. The molecule has 1 fully saturated rings. The fourth-order valence-corrected chi connectivity index (χ4v) is 5.03. The van der Waals surface area contributed by atoms with Gasteiger partial charge in [-0.15, -0.1) is 0 Å². The van der Waals surface area contributed by atoms with E-state index in [2.05, 4.69) is 19.2 Å². The molecule has 0 bridgehead atoms. The molecular weight excluding hydrogens is 384 g/mol. The topological polar surface area (TPSA) is 66.5 Å². The summed E-state index contributed by atoms with van der Waals surface area (Å²) in [5, 5.41) is 2.92. The highest BCUT2D eigenvalue weighted by molar-refractivity contribution is 7.89. The molecule has 2 aromatic rings. The van der Waals surface area contributed by atoms with Crippen LogP contribution >= 0.6 is 0 Å². The van der Waals surface area contributed by atoms with E-state index in [1.807, 2.05) is 36.4 Å². The summed E-state index contributed by atoms with van der Waals surface area (Å²) < 4.78 is 27.0. The minimum atomic E-state index is -3.41. The number of hydrogen-bond donors (Lipinski definition) is 1. The molecule has 0 unspecified atom stereocenters. The molecule has 1 N–H and O–H groups in total. The Morgan fingerprint density at radius 3 is 2.17 bits per heavy atom. The second kappa shape index (κ2) is 9.55. The molecule has 0 radical (unpaired) electrons. The Morgan fingerprint density at radius 2 is 1.59 bits per heavy atom. The fourth-order valence-electron chi connectivity index (χ4n) is 3.52. The molecule has 1 amide bonds. The maximum Gasteiger partial charge on any atom is 0.243 e. The van der Waals surface area contributed by atoms with Crippen molar-refractivity contribution in [2.45, 2.75) is 56.8 Å². The number of amides is 1. The lowest BCUT2D eigenvalue weighted by atomic mass is 10.0. The summed E-state index contributed by atoms with van der Waals surface area (Å²) in [5.41, 5.74) is 2.98. The Kier molecular flexibility index (Phi) is 7.09. The number of carbonyl (C=O) groups excluding carboxylic acids is 1. The monoisotopic (exact) mass is 414 g/mol. The molecule has 1 saturated heterocycles. The van der Waals surface area contributed by atoms with Gasteiger partial charge >= 0.3 is 0 Å². The molecule has 2 aromatic carbocycles. The van der Waals surface area contributed by atoms with Crippen LogP contribution in [0.3, 0.4) is 0 Å². The first-order valence-corrected chi connectivity index (χ1v) is 11.8. The average Bonchev–Trinajstić information content (AvgIpc) is 2.73. The first kappa shape index (κ1) is 21.5. The van der Waals surface area contributed by atoms with Crippen LogP contribution in [0.25, 0.3) is 0 Å². The number of hydrogen-bond acceptors (Lipinski definition) is 3. The highest BCUT2D eigenvalue weighted by Gasteiger charge is 2.25. The highest BCUT2D eigenvalue weighted by atomic mass is 32.2. The van der Waals surface area contributed by atoms with Crippen LogP contribution in [0.4, 0.5) is 5.69 Å². The molecule has 1 heterocycles. The van der Waals surface area contributed by atoms with Crippen LogP contribution < -0.4 is 5.32 Å². The molecule has 1 aliphatic heterocycles. The average molecular weight is 415 g/mol. The van der Waals surface area contributed by atoms with Gasteiger partial charge < -0.3 is 5.32 Å². The zero-order valence-electron chi connectivity index (χ0n) is 17.2. The van der Waals surface area contributed by atoms with Crippen molar-refractivity contribution in [1.82, 2.24) is 4.31 Å². The molecule has 0 atom stereocenters. The lowest BCUT2D eigenvalue weighted by Gasteiger charge is -2.25. The first-order chi connectivity index (χ1) is 13.9. The van der Waals surface area contributed by atoms with E-state index in [1.165, 1.54) is 5.56 Å². The largest absolute Gasteiger partial charge is 0.326 e. The van der Waals surface area contributed by atoms with Crippen molar-refractivity contribution in [3.63, 3.8) is 0 Å². The van der Waals surface area contributed by atoms with Crippen molar-refractivity contribution in [2.24, 2.45) is 0 Å². The van der Waals surface area contributed by atoms with Gasteiger partial charge in [-0.05, 0) is 60.6 Å². The molecule has 29 heavy (non-hydrogen) atoms. The van der Waals surface area contributed by atoms with Crippen molar-refractivity contribution >= 4 is 21.6 Å². The Morgan fingerprint density at radius 1 is 0.966 bits per heavy atom. The Hall–Kier alpha value is -2.18. The van der Waals surface area contributed by atoms with Crippen LogP contribution in [0, 0.1) is 0 Å². The molecule has 5 nitrogen and oxygen atoms in total. The summed E-state index contributed by atoms with van der Waals surface area (Å²) in [6.07, 6.45) is 3.86. The van der Waals surface area contributed by atoms with Gasteiger partial charge in [0.1, 0.15) is 0 Å². The number of aryl methyl sites for hydroxylation is 1. The summed E-state index contributed by atoms with van der Waals surface area (Å²) in [6, 6.07) is 14.8. The van der Waals surface area contributed by atoms with Crippen molar-refractivity contribution < 1.29 is 13.2 Å². The van der Waals surface area contributed by atoms with Gasteiger partial charge in [0.25, 0.3) is 0 Å². The van der Waals surface area contributed by atoms with E-state index in [4.69, 9.17) is 0 Å². The number of anilines is 1. The van der Waals surface area contributed by atoms with E-state index in [9.17, 15) is 13.2 Å². The third-order valence-corrected chi connectivity index (χ3v) is 7.29. The summed E-state index contributed by atoms with van der Waals surface area (Å²) >= 11 is 0. The van der Waals surface area contributed by atoms with Crippen molar-refractivity contribution in [3.05, 3.63) is 59.7 Å². The number of piperidine rings is 1. The minimum absolute atomic E-state index is 0.0488. The molecule has 3 rings (SSSR count). The van der Waals surface area contributed by atoms with E-state index in [-0.39, 0.29) is 5.91 Å². The highest BCUT2D eigenvalue weighted by Crippen LogP contribution is 2.21. The third kappa shape index (κ3) is 5.67. The maximum atomic E-state index is 12.7. The second-order valence-corrected chi connectivity index (χ2v) is 9.87. The van der Waals surface area contributed by atoms with Gasteiger partial charge in [-0.1, -0.05) is 44.5 Å². The van der Waals surface area contributed by atoms with E-state index < -0.39 is 10.0 Å². The molecule has 0 aliphatic carbocycles. The van der Waals surface area contributed by atoms with Gasteiger partial charge in [-0.3, -0.25) is 4.79 Å². The molecule has 6 heteroatoms. The first-order valence-electron chi connectivity index (χ1n) is 10.3. The number of sulfonamides is 1. The lowest BCUT2D eigenvalue weighted by molar-refractivity contribution is -0.116. The predicted octanol–water partition coefficient (Wildman–Crippen LogP) is 4.56. The SMILES string of the molecule is CC(C)c1ccc(NC(=O)CCc2ccc(S(=O)(=O)N3CCCCC3)cc2)cc1. The Labute approximate surface area is 174 Å². The predicted molar refractivity (Wildman–Crippen MR) is 117 cm³/mol. The lowest BCUT2D eigenvalue weighted by Crippen LogP contribution is -2.35. The van der Waals surface area contributed by atoms with Gasteiger partial charge in [0.15, 0.2) is 0 Å². The van der Waals surface area contributed by atoms with Crippen LogP contribution in [-0.2, 0) is 21.2 Å². The summed E-state index contributed by atoms with van der Waals surface area (Å²) in [7, 11) is -3.41. The summed E-state index contributed by atoms with van der Waals surface area (Å²) in [6.45, 7) is 5.47. The van der Waals surface area contributed by atoms with Gasteiger partial charge in [0.2, 0.25) is 15.9 Å². The van der Waals surface area contributed by atoms with Crippen LogP contribution in [0.2, 0.25) is 0 Å². The van der Waals surface area contributed by atoms with Crippen LogP contribution in [0.15, 0.2) is 53.4 Å². The molecule has 0 saturated carbocycles. The van der Waals surface area contributed by atoms with Gasteiger partial charge in [0.05, 0.1) is 4.90 Å². The van der Waals surface area contributed by atoms with Crippen LogP contribution in [-0.4, -0.2) is 31.7 Å². The smallest absolute Gasteiger partial charge is 0.243 e. The molecule has 156 valence electrons. The van der Waals surface area contributed by atoms with E-state index >= 15 is 0 Å². The van der Waals surface area contributed by atoms with Crippen LogP contribution in [0.1, 0.15) is 56.6 Å². The van der Waals surface area contributed by atoms with Crippen molar-refractivity contribution in [1.29, 1.82) is 0 Å². The minimum Gasteiger partial charge on any atom is -0.326 e. The fraction of sp³-hybridized carbons (Fsp3) is 0.435. The Balaban J connectivity index is 1.53.